The smallest absolute Gasteiger partial charge is 0.244 e. The van der Waals surface area contributed by atoms with Gasteiger partial charge in [-0.05, 0) is 18.6 Å². The molecule has 6 nitrogen and oxygen atoms in total. The van der Waals surface area contributed by atoms with E-state index in [-0.39, 0.29) is 18.1 Å². The Hall–Kier alpha value is -1.15. The molecule has 0 radical (unpaired) electrons. The van der Waals surface area contributed by atoms with E-state index < -0.39 is 15.6 Å². The van der Waals surface area contributed by atoms with Crippen LogP contribution in [0.25, 0.3) is 0 Å². The minimum Gasteiger partial charge on any atom is -0.394 e. The van der Waals surface area contributed by atoms with Gasteiger partial charge in [0.2, 0.25) is 10.0 Å². The Bertz CT molecular complexity index is 531. The average Bonchev–Trinajstić information content (AvgIpc) is 2.45. The standard InChI is InChI=1S/C13H22N2O4S/c1-4-13(9-16,10-17)14-11-7-5-6-8-12(11)20(18,19)15(2)3/h5-8,14,16-17H,4,9-10H2,1-3H3. The molecule has 1 rings (SSSR count). The summed E-state index contributed by atoms with van der Waals surface area (Å²) in [6.45, 7) is 1.22. The molecule has 0 aliphatic rings. The van der Waals surface area contributed by atoms with E-state index in [2.05, 4.69) is 5.32 Å². The maximum Gasteiger partial charge on any atom is 0.244 e. The van der Waals surface area contributed by atoms with E-state index in [1.54, 1.807) is 18.2 Å². The molecule has 0 unspecified atom stereocenters. The molecule has 0 aliphatic carbocycles. The van der Waals surface area contributed by atoms with Crippen molar-refractivity contribution < 1.29 is 18.6 Å². The van der Waals surface area contributed by atoms with Crippen molar-refractivity contribution in [3.05, 3.63) is 24.3 Å². The molecule has 0 amide bonds. The third kappa shape index (κ3) is 3.29. The molecule has 7 heteroatoms. The highest BCUT2D eigenvalue weighted by molar-refractivity contribution is 7.89. The third-order valence-corrected chi connectivity index (χ3v) is 5.20. The van der Waals surface area contributed by atoms with E-state index in [1.165, 1.54) is 20.2 Å². The SMILES string of the molecule is CCC(CO)(CO)Nc1ccccc1S(=O)(=O)N(C)C. The van der Waals surface area contributed by atoms with Gasteiger partial charge in [0.15, 0.2) is 0 Å². The van der Waals surface area contributed by atoms with E-state index in [9.17, 15) is 18.6 Å². The van der Waals surface area contributed by atoms with Crippen LogP contribution in [0.15, 0.2) is 29.2 Å². The maximum atomic E-state index is 12.3. The van der Waals surface area contributed by atoms with Crippen molar-refractivity contribution in [2.75, 3.05) is 32.6 Å². The molecule has 0 fully saturated rings. The highest BCUT2D eigenvalue weighted by Crippen LogP contribution is 2.27. The number of hydrogen-bond donors (Lipinski definition) is 3. The second kappa shape index (κ2) is 6.53. The van der Waals surface area contributed by atoms with Crippen LogP contribution in [0.5, 0.6) is 0 Å². The quantitative estimate of drug-likeness (QED) is 0.682. The van der Waals surface area contributed by atoms with Gasteiger partial charge in [-0.2, -0.15) is 0 Å². The van der Waals surface area contributed by atoms with Crippen LogP contribution in [0.4, 0.5) is 5.69 Å². The summed E-state index contributed by atoms with van der Waals surface area (Å²) in [5, 5.41) is 21.9. The van der Waals surface area contributed by atoms with Crippen molar-refractivity contribution in [1.82, 2.24) is 4.31 Å². The molecule has 1 aromatic carbocycles. The van der Waals surface area contributed by atoms with E-state index >= 15 is 0 Å². The Labute approximate surface area is 120 Å². The molecular formula is C13H22N2O4S. The van der Waals surface area contributed by atoms with Crippen molar-refractivity contribution in [3.8, 4) is 0 Å². The molecule has 0 spiro atoms. The van der Waals surface area contributed by atoms with Crippen molar-refractivity contribution in [2.24, 2.45) is 0 Å². The Morgan fingerprint density at radius 3 is 2.20 bits per heavy atom. The monoisotopic (exact) mass is 302 g/mol. The van der Waals surface area contributed by atoms with Gasteiger partial charge in [0.05, 0.1) is 24.4 Å². The van der Waals surface area contributed by atoms with Crippen LogP contribution in [0.2, 0.25) is 0 Å². The van der Waals surface area contributed by atoms with E-state index in [0.29, 0.717) is 12.1 Å². The van der Waals surface area contributed by atoms with Crippen LogP contribution >= 0.6 is 0 Å². The Morgan fingerprint density at radius 1 is 1.20 bits per heavy atom. The molecular weight excluding hydrogens is 280 g/mol. The number of nitrogens with one attached hydrogen (secondary N) is 1. The maximum absolute atomic E-state index is 12.3. The first-order valence-electron chi connectivity index (χ1n) is 6.34. The number of benzene rings is 1. The van der Waals surface area contributed by atoms with Crippen molar-refractivity contribution in [3.63, 3.8) is 0 Å². The van der Waals surface area contributed by atoms with Crippen LogP contribution in [0.3, 0.4) is 0 Å². The Kier molecular flexibility index (Phi) is 5.52. The zero-order valence-corrected chi connectivity index (χ0v) is 12.8. The summed E-state index contributed by atoms with van der Waals surface area (Å²) >= 11 is 0. The Balaban J connectivity index is 3.28. The van der Waals surface area contributed by atoms with Crippen molar-refractivity contribution in [2.45, 2.75) is 23.8 Å². The molecule has 20 heavy (non-hydrogen) atoms. The van der Waals surface area contributed by atoms with Gasteiger partial charge in [0.25, 0.3) is 0 Å². The second-order valence-corrected chi connectivity index (χ2v) is 6.98. The predicted molar refractivity (Wildman–Crippen MR) is 78.1 cm³/mol. The van der Waals surface area contributed by atoms with Crippen LogP contribution in [-0.2, 0) is 10.0 Å². The van der Waals surface area contributed by atoms with Gasteiger partial charge in [0.1, 0.15) is 4.90 Å². The lowest BCUT2D eigenvalue weighted by atomic mass is 9.98. The molecule has 0 saturated heterocycles. The zero-order valence-electron chi connectivity index (χ0n) is 12.0. The van der Waals surface area contributed by atoms with Gasteiger partial charge in [-0.25, -0.2) is 12.7 Å². The summed E-state index contributed by atoms with van der Waals surface area (Å²) in [6, 6.07) is 6.44. The molecule has 0 saturated carbocycles. The highest BCUT2D eigenvalue weighted by Gasteiger charge is 2.29. The van der Waals surface area contributed by atoms with Crippen LogP contribution in [-0.4, -0.2) is 55.8 Å². The lowest BCUT2D eigenvalue weighted by Gasteiger charge is -2.32. The van der Waals surface area contributed by atoms with Gasteiger partial charge in [-0.3, -0.25) is 0 Å². The number of hydrogen-bond acceptors (Lipinski definition) is 5. The number of anilines is 1. The fourth-order valence-corrected chi connectivity index (χ4v) is 2.76. The molecule has 0 aliphatic heterocycles. The topological polar surface area (TPSA) is 89.9 Å². The summed E-state index contributed by atoms with van der Waals surface area (Å²) in [6.07, 6.45) is 0.455. The number of rotatable bonds is 7. The summed E-state index contributed by atoms with van der Waals surface area (Å²) in [5.74, 6) is 0. The van der Waals surface area contributed by atoms with Crippen LogP contribution in [0.1, 0.15) is 13.3 Å². The first kappa shape index (κ1) is 16.9. The molecule has 0 aromatic heterocycles. The number of aliphatic hydroxyl groups excluding tert-OH is 2. The predicted octanol–water partition coefficient (Wildman–Crippen LogP) is 0.482. The minimum absolute atomic E-state index is 0.115. The van der Waals surface area contributed by atoms with E-state index in [4.69, 9.17) is 0 Å². The number of sulfonamides is 1. The Morgan fingerprint density at radius 2 is 1.75 bits per heavy atom. The number of aliphatic hydroxyl groups is 2. The fourth-order valence-electron chi connectivity index (χ4n) is 1.72. The van der Waals surface area contributed by atoms with Gasteiger partial charge in [-0.15, -0.1) is 0 Å². The largest absolute Gasteiger partial charge is 0.394 e. The van der Waals surface area contributed by atoms with Gasteiger partial charge >= 0.3 is 0 Å². The van der Waals surface area contributed by atoms with Crippen molar-refractivity contribution in [1.29, 1.82) is 0 Å². The van der Waals surface area contributed by atoms with Crippen LogP contribution < -0.4 is 5.32 Å². The van der Waals surface area contributed by atoms with Gasteiger partial charge in [-0.1, -0.05) is 19.1 Å². The molecule has 0 atom stereocenters. The van der Waals surface area contributed by atoms with E-state index in [0.717, 1.165) is 4.31 Å². The molecule has 0 heterocycles. The first-order chi connectivity index (χ1) is 9.33. The number of nitrogens with zero attached hydrogens (tertiary/aromatic N) is 1. The lowest BCUT2D eigenvalue weighted by Crippen LogP contribution is -2.45. The van der Waals surface area contributed by atoms with Crippen LogP contribution in [0, 0.1) is 0 Å². The lowest BCUT2D eigenvalue weighted by molar-refractivity contribution is 0.132. The molecule has 3 N–H and O–H groups in total. The average molecular weight is 302 g/mol. The number of para-hydroxylation sites is 1. The third-order valence-electron chi connectivity index (χ3n) is 3.33. The molecule has 0 bridgehead atoms. The zero-order chi connectivity index (χ0) is 15.4. The molecule has 1 aromatic rings. The normalized spacial score (nSPS) is 12.7. The summed E-state index contributed by atoms with van der Waals surface area (Å²) in [5.41, 5.74) is -0.580. The highest BCUT2D eigenvalue weighted by atomic mass is 32.2. The van der Waals surface area contributed by atoms with Crippen molar-refractivity contribution >= 4 is 15.7 Å². The van der Waals surface area contributed by atoms with E-state index in [1.807, 2.05) is 6.92 Å². The second-order valence-electron chi connectivity index (χ2n) is 4.86. The summed E-state index contributed by atoms with van der Waals surface area (Å²) < 4.78 is 25.7. The first-order valence-corrected chi connectivity index (χ1v) is 7.78. The summed E-state index contributed by atoms with van der Waals surface area (Å²) in [7, 11) is -0.686. The minimum atomic E-state index is -3.60. The molecule has 114 valence electrons. The fraction of sp³-hybridized carbons (Fsp3) is 0.538. The van der Waals surface area contributed by atoms with Gasteiger partial charge < -0.3 is 15.5 Å². The van der Waals surface area contributed by atoms with Gasteiger partial charge in [0, 0.05) is 14.1 Å². The summed E-state index contributed by atoms with van der Waals surface area (Å²) in [4.78, 5) is 0.115.